The Morgan fingerprint density at radius 3 is 2.74 bits per heavy atom. The van der Waals surface area contributed by atoms with Gasteiger partial charge in [-0.25, -0.2) is 9.78 Å². The molecule has 1 aliphatic rings. The number of rotatable bonds is 3. The van der Waals surface area contributed by atoms with E-state index in [4.69, 9.17) is 39.5 Å². The minimum atomic E-state index is -1.90. The number of carbonyl (C=O) groups excluding carboxylic acids is 1. The number of aromatic nitrogens is 2. The van der Waals surface area contributed by atoms with E-state index in [1.807, 2.05) is 6.92 Å². The number of aliphatic hydroxyl groups excluding tert-OH is 1. The zero-order chi connectivity index (χ0) is 17.4. The van der Waals surface area contributed by atoms with Crippen molar-refractivity contribution in [1.82, 2.24) is 9.55 Å². The molecule has 0 aromatic carbocycles. The average Bonchev–Trinajstić information content (AvgIpc) is 2.46. The van der Waals surface area contributed by atoms with Gasteiger partial charge in [0.25, 0.3) is 5.56 Å². The summed E-state index contributed by atoms with van der Waals surface area (Å²) >= 11 is 17.3. The van der Waals surface area contributed by atoms with Crippen molar-refractivity contribution in [1.29, 1.82) is 0 Å². The molecule has 0 aliphatic carbocycles. The number of nitrogens with zero attached hydrogens (tertiary/aromatic N) is 2. The highest BCUT2D eigenvalue weighted by atomic mass is 35.6. The summed E-state index contributed by atoms with van der Waals surface area (Å²) in [5, 5.41) is 10.3. The molecule has 1 aromatic heterocycles. The van der Waals surface area contributed by atoms with Crippen LogP contribution in [0.3, 0.4) is 0 Å². The molecule has 1 N–H and O–H groups in total. The highest BCUT2D eigenvalue weighted by molar-refractivity contribution is 6.68. The summed E-state index contributed by atoms with van der Waals surface area (Å²) in [6.07, 6.45) is 0.944. The summed E-state index contributed by atoms with van der Waals surface area (Å²) < 4.78 is 4.34. The second kappa shape index (κ2) is 6.97. The van der Waals surface area contributed by atoms with Crippen LogP contribution < -0.4 is 5.56 Å². The summed E-state index contributed by atoms with van der Waals surface area (Å²) in [6.45, 7) is 3.64. The van der Waals surface area contributed by atoms with Crippen molar-refractivity contribution in [2.75, 3.05) is 6.61 Å². The van der Waals surface area contributed by atoms with Crippen molar-refractivity contribution in [3.63, 3.8) is 0 Å². The molecule has 6 nitrogen and oxygen atoms in total. The predicted octanol–water partition coefficient (Wildman–Crippen LogP) is 2.59. The zero-order valence-corrected chi connectivity index (χ0v) is 14.9. The largest absolute Gasteiger partial charge is 0.462 e. The van der Waals surface area contributed by atoms with E-state index < -0.39 is 27.3 Å². The van der Waals surface area contributed by atoms with Crippen molar-refractivity contribution in [3.05, 3.63) is 27.9 Å². The summed E-state index contributed by atoms with van der Waals surface area (Å²) in [5.74, 6) is -1.03. The molecule has 3 atom stereocenters. The molecule has 1 aromatic rings. The van der Waals surface area contributed by atoms with Crippen molar-refractivity contribution >= 4 is 40.8 Å². The molecule has 2 rings (SSSR count). The highest BCUT2D eigenvalue weighted by Gasteiger charge is 2.42. The SMILES string of the molecule is CCOC(=O)c1cnc2n(c1=O)C(C)CCC2C(O)C(Cl)(Cl)Cl. The van der Waals surface area contributed by atoms with Crippen LogP contribution in [-0.4, -0.2) is 37.1 Å². The number of aliphatic hydroxyl groups is 1. The maximum Gasteiger partial charge on any atom is 0.345 e. The van der Waals surface area contributed by atoms with E-state index in [2.05, 4.69) is 4.98 Å². The minimum absolute atomic E-state index is 0.147. The first-order chi connectivity index (χ1) is 10.7. The summed E-state index contributed by atoms with van der Waals surface area (Å²) in [6, 6.07) is -0.182. The summed E-state index contributed by atoms with van der Waals surface area (Å²) in [4.78, 5) is 28.6. The summed E-state index contributed by atoms with van der Waals surface area (Å²) in [7, 11) is 0. The van der Waals surface area contributed by atoms with E-state index in [0.717, 1.165) is 6.20 Å². The monoisotopic (exact) mass is 382 g/mol. The van der Waals surface area contributed by atoms with Gasteiger partial charge in [0.05, 0.1) is 6.61 Å². The maximum absolute atomic E-state index is 12.6. The number of hydrogen-bond donors (Lipinski definition) is 1. The Balaban J connectivity index is 2.52. The standard InChI is InChI=1S/C14H17Cl3N2O4/c1-3-23-13(22)9-6-18-11-8(10(20)14(15,16)17)5-4-7(2)19(11)12(9)21/h6-8,10,20H,3-5H2,1-2H3. The average molecular weight is 384 g/mol. The zero-order valence-electron chi connectivity index (χ0n) is 12.6. The first-order valence-electron chi connectivity index (χ1n) is 7.21. The number of fused-ring (bicyclic) bond motifs is 1. The minimum Gasteiger partial charge on any atom is -0.462 e. The van der Waals surface area contributed by atoms with Gasteiger partial charge in [-0.05, 0) is 26.7 Å². The second-order valence-corrected chi connectivity index (χ2v) is 7.81. The van der Waals surface area contributed by atoms with Gasteiger partial charge in [0, 0.05) is 18.2 Å². The number of halogens is 3. The summed E-state index contributed by atoms with van der Waals surface area (Å²) in [5.41, 5.74) is -0.659. The molecule has 9 heteroatoms. The van der Waals surface area contributed by atoms with Crippen LogP contribution in [0.4, 0.5) is 0 Å². The van der Waals surface area contributed by atoms with Gasteiger partial charge < -0.3 is 9.84 Å². The molecule has 1 aliphatic heterocycles. The van der Waals surface area contributed by atoms with Crippen molar-refractivity contribution < 1.29 is 14.6 Å². The normalized spacial score (nSPS) is 22.3. The van der Waals surface area contributed by atoms with Crippen molar-refractivity contribution in [2.45, 2.75) is 48.5 Å². The van der Waals surface area contributed by atoms with Crippen LogP contribution in [0, 0.1) is 0 Å². The number of alkyl halides is 3. The van der Waals surface area contributed by atoms with Gasteiger partial charge in [0.2, 0.25) is 3.79 Å². The molecular weight excluding hydrogens is 367 g/mol. The Labute approximate surface area is 148 Å². The van der Waals surface area contributed by atoms with E-state index in [1.54, 1.807) is 6.92 Å². The fourth-order valence-corrected chi connectivity index (χ4v) is 3.19. The first kappa shape index (κ1) is 18.5. The van der Waals surface area contributed by atoms with Gasteiger partial charge in [-0.3, -0.25) is 9.36 Å². The van der Waals surface area contributed by atoms with Gasteiger partial charge in [0.15, 0.2) is 0 Å². The van der Waals surface area contributed by atoms with E-state index in [-0.39, 0.29) is 18.2 Å². The molecule has 2 heterocycles. The lowest BCUT2D eigenvalue weighted by atomic mass is 9.90. The van der Waals surface area contributed by atoms with Gasteiger partial charge in [0.1, 0.15) is 17.5 Å². The van der Waals surface area contributed by atoms with Gasteiger partial charge >= 0.3 is 5.97 Å². The molecule has 0 fully saturated rings. The Morgan fingerprint density at radius 2 is 2.17 bits per heavy atom. The van der Waals surface area contributed by atoms with E-state index in [0.29, 0.717) is 18.7 Å². The molecule has 0 bridgehead atoms. The molecule has 3 unspecified atom stereocenters. The Bertz CT molecular complexity index is 656. The molecule has 0 saturated carbocycles. The molecule has 23 heavy (non-hydrogen) atoms. The number of hydrogen-bond acceptors (Lipinski definition) is 5. The van der Waals surface area contributed by atoms with Gasteiger partial charge in [-0.1, -0.05) is 34.8 Å². The number of carbonyl (C=O) groups is 1. The molecular formula is C14H17Cl3N2O4. The molecule has 0 amide bonds. The maximum atomic E-state index is 12.6. The van der Waals surface area contributed by atoms with Crippen LogP contribution in [0.15, 0.2) is 11.0 Å². The van der Waals surface area contributed by atoms with Crippen molar-refractivity contribution in [3.8, 4) is 0 Å². The third kappa shape index (κ3) is 3.65. The lowest BCUT2D eigenvalue weighted by molar-refractivity contribution is 0.0521. The fraction of sp³-hybridized carbons (Fsp3) is 0.643. The molecule has 128 valence electrons. The van der Waals surface area contributed by atoms with Crippen molar-refractivity contribution in [2.24, 2.45) is 0 Å². The van der Waals surface area contributed by atoms with E-state index in [1.165, 1.54) is 4.57 Å². The number of ether oxygens (including phenoxy) is 1. The van der Waals surface area contributed by atoms with Crippen LogP contribution in [-0.2, 0) is 4.74 Å². The third-order valence-electron chi connectivity index (χ3n) is 3.90. The van der Waals surface area contributed by atoms with Crippen LogP contribution >= 0.6 is 34.8 Å². The van der Waals surface area contributed by atoms with Gasteiger partial charge in [-0.15, -0.1) is 0 Å². The first-order valence-corrected chi connectivity index (χ1v) is 8.35. The van der Waals surface area contributed by atoms with Crippen LogP contribution in [0.1, 0.15) is 54.8 Å². The Hall–Kier alpha value is -0.820. The van der Waals surface area contributed by atoms with Gasteiger partial charge in [-0.2, -0.15) is 0 Å². The predicted molar refractivity (Wildman–Crippen MR) is 87.4 cm³/mol. The molecule has 0 radical (unpaired) electrons. The molecule has 0 saturated heterocycles. The smallest absolute Gasteiger partial charge is 0.345 e. The van der Waals surface area contributed by atoms with Crippen LogP contribution in [0.25, 0.3) is 0 Å². The quantitative estimate of drug-likeness (QED) is 0.641. The van der Waals surface area contributed by atoms with Crippen LogP contribution in [0.2, 0.25) is 0 Å². The van der Waals surface area contributed by atoms with Crippen LogP contribution in [0.5, 0.6) is 0 Å². The molecule has 0 spiro atoms. The van der Waals surface area contributed by atoms with E-state index in [9.17, 15) is 14.7 Å². The lowest BCUT2D eigenvalue weighted by Gasteiger charge is -2.35. The van der Waals surface area contributed by atoms with E-state index >= 15 is 0 Å². The Morgan fingerprint density at radius 1 is 1.52 bits per heavy atom. The third-order valence-corrected chi connectivity index (χ3v) is 4.57. The highest BCUT2D eigenvalue weighted by Crippen LogP contribution is 2.42. The Kier molecular flexibility index (Phi) is 5.61. The second-order valence-electron chi connectivity index (χ2n) is 5.45. The number of esters is 1. The topological polar surface area (TPSA) is 81.4 Å². The fourth-order valence-electron chi connectivity index (χ4n) is 2.74. The lowest BCUT2D eigenvalue weighted by Crippen LogP contribution is -2.42.